The van der Waals surface area contributed by atoms with E-state index < -0.39 is 5.60 Å². The van der Waals surface area contributed by atoms with E-state index in [1.807, 2.05) is 13.8 Å². The van der Waals surface area contributed by atoms with Gasteiger partial charge in [-0.15, -0.1) is 0 Å². The number of nitrogens with zero attached hydrogens (tertiary/aromatic N) is 1. The fourth-order valence-corrected chi connectivity index (χ4v) is 5.13. The number of unbranched alkanes of at least 4 members (excludes halogenated alkanes) is 1. The lowest BCUT2D eigenvalue weighted by molar-refractivity contribution is 0.0680. The van der Waals surface area contributed by atoms with Crippen LogP contribution in [-0.2, 0) is 0 Å². The molecule has 0 radical (unpaired) electrons. The smallest absolute Gasteiger partial charge is 0.0591 e. The maximum absolute atomic E-state index is 9.91. The molecule has 3 rings (SSSR count). The van der Waals surface area contributed by atoms with Gasteiger partial charge in [0.15, 0.2) is 0 Å². The molecule has 0 spiro atoms. The Hall–Kier alpha value is -1.06. The third-order valence-electron chi connectivity index (χ3n) is 6.78. The zero-order chi connectivity index (χ0) is 19.5. The van der Waals surface area contributed by atoms with Crippen LogP contribution in [-0.4, -0.2) is 38.9 Å². The van der Waals surface area contributed by atoms with Crippen molar-refractivity contribution >= 4 is 0 Å². The van der Waals surface area contributed by atoms with Gasteiger partial charge in [-0.3, -0.25) is 0 Å². The van der Waals surface area contributed by atoms with Gasteiger partial charge in [-0.2, -0.15) is 0 Å². The van der Waals surface area contributed by atoms with Crippen molar-refractivity contribution in [1.82, 2.24) is 4.90 Å². The number of rotatable bonds is 6. The van der Waals surface area contributed by atoms with Crippen LogP contribution < -0.4 is 0 Å². The van der Waals surface area contributed by atoms with Crippen LogP contribution >= 0.6 is 0 Å². The first kappa shape index (κ1) is 20.7. The highest BCUT2D eigenvalue weighted by Crippen LogP contribution is 2.44. The van der Waals surface area contributed by atoms with Crippen molar-refractivity contribution < 1.29 is 10.2 Å². The maximum atomic E-state index is 9.91. The van der Waals surface area contributed by atoms with Crippen molar-refractivity contribution in [2.75, 3.05) is 6.54 Å². The topological polar surface area (TPSA) is 43.7 Å². The molecule has 27 heavy (non-hydrogen) atoms. The first-order valence-corrected chi connectivity index (χ1v) is 11.0. The molecule has 2 fully saturated rings. The molecular formula is C24H39NO2. The Morgan fingerprint density at radius 3 is 2.78 bits per heavy atom. The Kier molecular flexibility index (Phi) is 6.53. The van der Waals surface area contributed by atoms with Gasteiger partial charge in [-0.05, 0) is 96.6 Å². The quantitative estimate of drug-likeness (QED) is 0.494. The minimum absolute atomic E-state index is 0.135. The molecule has 2 aliphatic heterocycles. The van der Waals surface area contributed by atoms with E-state index in [1.165, 1.54) is 37.0 Å². The Morgan fingerprint density at radius 2 is 2.04 bits per heavy atom. The summed E-state index contributed by atoms with van der Waals surface area (Å²) in [6, 6.07) is 0. The number of aliphatic hydroxyl groups is 2. The van der Waals surface area contributed by atoms with E-state index in [2.05, 4.69) is 30.1 Å². The molecule has 3 nitrogen and oxygen atoms in total. The normalized spacial score (nSPS) is 32.1. The van der Waals surface area contributed by atoms with Crippen molar-refractivity contribution in [2.24, 2.45) is 0 Å². The van der Waals surface area contributed by atoms with Gasteiger partial charge in [0, 0.05) is 12.2 Å². The van der Waals surface area contributed by atoms with E-state index in [9.17, 15) is 10.2 Å². The number of piperidine rings is 1. The Morgan fingerprint density at radius 1 is 1.22 bits per heavy atom. The second-order valence-electron chi connectivity index (χ2n) is 9.72. The predicted molar refractivity (Wildman–Crippen MR) is 112 cm³/mol. The third kappa shape index (κ3) is 5.26. The van der Waals surface area contributed by atoms with Crippen molar-refractivity contribution in [3.63, 3.8) is 0 Å². The first-order valence-electron chi connectivity index (χ1n) is 11.0. The molecule has 1 saturated heterocycles. The van der Waals surface area contributed by atoms with E-state index in [0.29, 0.717) is 0 Å². The van der Waals surface area contributed by atoms with E-state index in [0.717, 1.165) is 51.5 Å². The first-order chi connectivity index (χ1) is 12.8. The van der Waals surface area contributed by atoms with Gasteiger partial charge in [0.05, 0.1) is 17.2 Å². The molecule has 1 saturated carbocycles. The molecule has 152 valence electrons. The SMILES string of the molecule is CC(C)(O)CCCCC1=CCN2/C(=C/C=C3/CCC[C@H](O)C3)CCCC12C. The van der Waals surface area contributed by atoms with E-state index in [4.69, 9.17) is 0 Å². The summed E-state index contributed by atoms with van der Waals surface area (Å²) in [6.45, 7) is 7.27. The molecular weight excluding hydrogens is 334 g/mol. The van der Waals surface area contributed by atoms with Crippen LogP contribution in [0.25, 0.3) is 0 Å². The number of hydrogen-bond acceptors (Lipinski definition) is 3. The summed E-state index contributed by atoms with van der Waals surface area (Å²) in [5, 5.41) is 19.8. The van der Waals surface area contributed by atoms with Crippen LogP contribution in [0, 0.1) is 0 Å². The van der Waals surface area contributed by atoms with Crippen molar-refractivity contribution in [1.29, 1.82) is 0 Å². The van der Waals surface area contributed by atoms with Crippen LogP contribution in [0.3, 0.4) is 0 Å². The van der Waals surface area contributed by atoms with E-state index >= 15 is 0 Å². The summed E-state index contributed by atoms with van der Waals surface area (Å²) in [5.41, 5.74) is 4.13. The van der Waals surface area contributed by atoms with Crippen LogP contribution in [0.2, 0.25) is 0 Å². The Bertz CT molecular complexity index is 610. The second kappa shape index (κ2) is 8.53. The molecule has 0 bridgehead atoms. The molecule has 2 heterocycles. The van der Waals surface area contributed by atoms with Gasteiger partial charge in [0.2, 0.25) is 0 Å². The van der Waals surface area contributed by atoms with Crippen molar-refractivity contribution in [3.05, 3.63) is 35.1 Å². The van der Waals surface area contributed by atoms with Gasteiger partial charge < -0.3 is 15.1 Å². The van der Waals surface area contributed by atoms with E-state index in [1.54, 1.807) is 5.57 Å². The highest BCUT2D eigenvalue weighted by Gasteiger charge is 2.41. The summed E-state index contributed by atoms with van der Waals surface area (Å²) in [7, 11) is 0. The summed E-state index contributed by atoms with van der Waals surface area (Å²) >= 11 is 0. The zero-order valence-corrected chi connectivity index (χ0v) is 17.6. The summed E-state index contributed by atoms with van der Waals surface area (Å²) in [6.07, 6.45) is 19.0. The Labute approximate surface area is 165 Å². The molecule has 2 atom stereocenters. The van der Waals surface area contributed by atoms with Gasteiger partial charge in [-0.1, -0.05) is 24.1 Å². The van der Waals surface area contributed by atoms with Crippen molar-refractivity contribution in [2.45, 2.75) is 109 Å². The fourth-order valence-electron chi connectivity index (χ4n) is 5.13. The highest BCUT2D eigenvalue weighted by atomic mass is 16.3. The predicted octanol–water partition coefficient (Wildman–Crippen LogP) is 5.25. The lowest BCUT2D eigenvalue weighted by Crippen LogP contribution is -2.45. The number of hydrogen-bond donors (Lipinski definition) is 2. The van der Waals surface area contributed by atoms with E-state index in [-0.39, 0.29) is 11.6 Å². The van der Waals surface area contributed by atoms with Crippen molar-refractivity contribution in [3.8, 4) is 0 Å². The standard InChI is InChI=1S/C24H39NO2/c1-23(2,27)15-5-4-9-20-14-17-25-21(10-7-16-24(20,25)3)13-12-19-8-6-11-22(26)18-19/h12-14,22,26-27H,4-11,15-18H2,1-3H3/b19-12-,21-13+/t22-,24?/m0/s1. The van der Waals surface area contributed by atoms with Crippen LogP contribution in [0.1, 0.15) is 91.4 Å². The van der Waals surface area contributed by atoms with Gasteiger partial charge >= 0.3 is 0 Å². The average Bonchev–Trinajstić information content (AvgIpc) is 2.93. The average molecular weight is 374 g/mol. The van der Waals surface area contributed by atoms with Crippen LogP contribution in [0.5, 0.6) is 0 Å². The summed E-state index contributed by atoms with van der Waals surface area (Å²) in [5.74, 6) is 0. The molecule has 0 amide bonds. The molecule has 1 unspecified atom stereocenters. The number of aliphatic hydroxyl groups excluding tert-OH is 1. The minimum atomic E-state index is -0.541. The third-order valence-corrected chi connectivity index (χ3v) is 6.78. The monoisotopic (exact) mass is 373 g/mol. The Balaban J connectivity index is 1.61. The lowest BCUT2D eigenvalue weighted by atomic mass is 9.81. The molecule has 0 aromatic rings. The molecule has 1 aliphatic carbocycles. The molecule has 3 aliphatic rings. The minimum Gasteiger partial charge on any atom is -0.393 e. The number of fused-ring (bicyclic) bond motifs is 1. The molecule has 0 aromatic heterocycles. The lowest BCUT2D eigenvalue weighted by Gasteiger charge is -2.45. The maximum Gasteiger partial charge on any atom is 0.0591 e. The highest BCUT2D eigenvalue weighted by molar-refractivity contribution is 5.33. The number of allylic oxidation sites excluding steroid dienone is 3. The summed E-state index contributed by atoms with van der Waals surface area (Å²) < 4.78 is 0. The van der Waals surface area contributed by atoms with Crippen LogP contribution in [0.4, 0.5) is 0 Å². The zero-order valence-electron chi connectivity index (χ0n) is 17.6. The van der Waals surface area contributed by atoms with Gasteiger partial charge in [-0.25, -0.2) is 0 Å². The molecule has 2 N–H and O–H groups in total. The second-order valence-corrected chi connectivity index (χ2v) is 9.72. The van der Waals surface area contributed by atoms with Gasteiger partial charge in [0.1, 0.15) is 0 Å². The largest absolute Gasteiger partial charge is 0.393 e. The van der Waals surface area contributed by atoms with Crippen LogP contribution in [0.15, 0.2) is 35.1 Å². The van der Waals surface area contributed by atoms with Gasteiger partial charge in [0.25, 0.3) is 0 Å². The summed E-state index contributed by atoms with van der Waals surface area (Å²) in [4.78, 5) is 2.62. The molecule has 3 heteroatoms. The fraction of sp³-hybridized carbons (Fsp3) is 0.750. The molecule has 0 aromatic carbocycles.